The quantitative estimate of drug-likeness (QED) is 0.669. The summed E-state index contributed by atoms with van der Waals surface area (Å²) in [7, 11) is 4.80. The Morgan fingerprint density at radius 2 is 2.00 bits per heavy atom. The summed E-state index contributed by atoms with van der Waals surface area (Å²) in [6.45, 7) is -0.119. The van der Waals surface area contributed by atoms with Crippen molar-refractivity contribution in [1.29, 1.82) is 0 Å². The van der Waals surface area contributed by atoms with Crippen LogP contribution in [0.25, 0.3) is 0 Å². The first-order valence-corrected chi connectivity index (χ1v) is 5.64. The zero-order valence-corrected chi connectivity index (χ0v) is 10.6. The smallest absolute Gasteiger partial charge is 0.160 e. The summed E-state index contributed by atoms with van der Waals surface area (Å²) < 4.78 is 38.7. The average molecular weight is 252 g/mol. The van der Waals surface area contributed by atoms with Crippen LogP contribution in [0, 0.1) is 0 Å². The van der Waals surface area contributed by atoms with Gasteiger partial charge in [0.2, 0.25) is 0 Å². The lowest BCUT2D eigenvalue weighted by Crippen LogP contribution is -2.52. The van der Waals surface area contributed by atoms with Gasteiger partial charge in [-0.25, -0.2) is 4.39 Å². The predicted molar refractivity (Wildman–Crippen MR) is 58.7 cm³/mol. The summed E-state index contributed by atoms with van der Waals surface area (Å²) in [6.07, 6.45) is -0.561. The molecule has 0 aliphatic carbocycles. The highest BCUT2D eigenvalue weighted by Gasteiger charge is 2.39. The molecular weight excluding hydrogens is 231 g/mol. The van der Waals surface area contributed by atoms with E-state index >= 15 is 0 Å². The summed E-state index contributed by atoms with van der Waals surface area (Å²) >= 11 is 0. The Morgan fingerprint density at radius 1 is 1.24 bits per heavy atom. The predicted octanol–water partition coefficient (Wildman–Crippen LogP) is 0.764. The van der Waals surface area contributed by atoms with Crippen molar-refractivity contribution in [3.05, 3.63) is 0 Å². The molecule has 5 nitrogen and oxygen atoms in total. The van der Waals surface area contributed by atoms with Gasteiger partial charge in [-0.15, -0.1) is 0 Å². The molecular formula is C11H21FO5. The largest absolute Gasteiger partial charge is 0.382 e. The lowest BCUT2D eigenvalue weighted by atomic mass is 10.0. The van der Waals surface area contributed by atoms with Gasteiger partial charge in [-0.2, -0.15) is 0 Å². The van der Waals surface area contributed by atoms with Crippen LogP contribution < -0.4 is 0 Å². The highest BCUT2D eigenvalue weighted by atomic mass is 19.1. The Hall–Kier alpha value is -0.270. The van der Waals surface area contributed by atoms with Crippen LogP contribution >= 0.6 is 0 Å². The van der Waals surface area contributed by atoms with E-state index in [2.05, 4.69) is 0 Å². The van der Waals surface area contributed by atoms with E-state index in [-0.39, 0.29) is 24.9 Å². The Kier molecular flexibility index (Phi) is 6.91. The number of hydrogen-bond donors (Lipinski definition) is 0. The van der Waals surface area contributed by atoms with E-state index in [1.807, 2.05) is 0 Å². The van der Waals surface area contributed by atoms with E-state index in [1.54, 1.807) is 21.3 Å². The van der Waals surface area contributed by atoms with E-state index in [0.29, 0.717) is 13.0 Å². The molecule has 1 aliphatic rings. The maximum absolute atomic E-state index is 12.1. The van der Waals surface area contributed by atoms with Gasteiger partial charge < -0.3 is 23.7 Å². The van der Waals surface area contributed by atoms with Crippen LogP contribution in [-0.4, -0.2) is 65.8 Å². The fourth-order valence-electron chi connectivity index (χ4n) is 2.01. The summed E-state index contributed by atoms with van der Waals surface area (Å²) in [5.41, 5.74) is 0. The van der Waals surface area contributed by atoms with Crippen LogP contribution in [0.15, 0.2) is 0 Å². The Morgan fingerprint density at radius 3 is 2.53 bits per heavy atom. The molecule has 1 rings (SSSR count). The van der Waals surface area contributed by atoms with Gasteiger partial charge in [-0.1, -0.05) is 0 Å². The van der Waals surface area contributed by atoms with Crippen molar-refractivity contribution in [2.45, 2.75) is 31.0 Å². The zero-order chi connectivity index (χ0) is 12.7. The molecule has 1 heterocycles. The van der Waals surface area contributed by atoms with E-state index in [1.165, 1.54) is 0 Å². The van der Waals surface area contributed by atoms with Gasteiger partial charge in [0.1, 0.15) is 18.9 Å². The number of methoxy groups -OCH3 is 3. The van der Waals surface area contributed by atoms with Crippen molar-refractivity contribution in [3.8, 4) is 0 Å². The second-order valence-electron chi connectivity index (χ2n) is 3.83. The summed E-state index contributed by atoms with van der Waals surface area (Å²) in [5.74, 6) is 0. The van der Waals surface area contributed by atoms with Crippen molar-refractivity contribution in [3.63, 3.8) is 0 Å². The minimum absolute atomic E-state index is 0.0262. The molecule has 17 heavy (non-hydrogen) atoms. The van der Waals surface area contributed by atoms with Crippen molar-refractivity contribution in [2.75, 3.05) is 41.2 Å². The Bertz CT molecular complexity index is 204. The van der Waals surface area contributed by atoms with Crippen LogP contribution in [0.1, 0.15) is 6.42 Å². The van der Waals surface area contributed by atoms with Gasteiger partial charge in [0.15, 0.2) is 6.29 Å². The molecule has 0 aromatic heterocycles. The van der Waals surface area contributed by atoms with Crippen molar-refractivity contribution >= 4 is 0 Å². The fraction of sp³-hybridized carbons (Fsp3) is 1.00. The first-order valence-electron chi connectivity index (χ1n) is 5.64. The van der Waals surface area contributed by atoms with E-state index < -0.39 is 13.0 Å². The molecule has 0 N–H and O–H groups in total. The van der Waals surface area contributed by atoms with Crippen molar-refractivity contribution < 1.29 is 28.1 Å². The Labute approximate surface area is 101 Å². The van der Waals surface area contributed by atoms with Gasteiger partial charge in [0, 0.05) is 27.8 Å². The number of rotatable bonds is 7. The number of halogens is 1. The third-order valence-electron chi connectivity index (χ3n) is 2.77. The lowest BCUT2D eigenvalue weighted by molar-refractivity contribution is -0.266. The van der Waals surface area contributed by atoms with Gasteiger partial charge >= 0.3 is 0 Å². The van der Waals surface area contributed by atoms with Crippen molar-refractivity contribution in [1.82, 2.24) is 0 Å². The molecule has 1 saturated heterocycles. The molecule has 0 radical (unpaired) electrons. The standard InChI is InChI=1S/C11H21FO5/c1-13-7-9-11(15-3)8(14-2)6-10(17-9)16-5-4-12/h8-11H,4-7H2,1-3H3/t8-,9-,10-,11+/m1/s1. The highest BCUT2D eigenvalue weighted by molar-refractivity contribution is 4.85. The van der Waals surface area contributed by atoms with E-state index in [4.69, 9.17) is 23.7 Å². The van der Waals surface area contributed by atoms with Crippen LogP contribution in [0.4, 0.5) is 4.39 Å². The summed E-state index contributed by atoms with van der Waals surface area (Å²) in [4.78, 5) is 0. The third kappa shape index (κ3) is 4.15. The highest BCUT2D eigenvalue weighted by Crippen LogP contribution is 2.25. The fourth-order valence-corrected chi connectivity index (χ4v) is 2.01. The summed E-state index contributed by atoms with van der Waals surface area (Å²) in [6, 6.07) is 0. The third-order valence-corrected chi connectivity index (χ3v) is 2.77. The van der Waals surface area contributed by atoms with Gasteiger partial charge in [0.25, 0.3) is 0 Å². The van der Waals surface area contributed by atoms with Gasteiger partial charge in [0.05, 0.1) is 19.3 Å². The molecule has 0 bridgehead atoms. The molecule has 0 aromatic carbocycles. The second-order valence-corrected chi connectivity index (χ2v) is 3.83. The molecule has 0 spiro atoms. The second kappa shape index (κ2) is 7.94. The normalized spacial score (nSPS) is 33.9. The molecule has 1 fully saturated rings. The Balaban J connectivity index is 2.58. The monoisotopic (exact) mass is 252 g/mol. The van der Waals surface area contributed by atoms with E-state index in [0.717, 1.165) is 0 Å². The molecule has 4 atom stereocenters. The van der Waals surface area contributed by atoms with Crippen LogP contribution in [-0.2, 0) is 23.7 Å². The molecule has 0 saturated carbocycles. The maximum Gasteiger partial charge on any atom is 0.160 e. The number of ether oxygens (including phenoxy) is 5. The number of alkyl halides is 1. The van der Waals surface area contributed by atoms with Crippen molar-refractivity contribution in [2.24, 2.45) is 0 Å². The van der Waals surface area contributed by atoms with Gasteiger partial charge in [-0.05, 0) is 0 Å². The maximum atomic E-state index is 12.1. The molecule has 102 valence electrons. The topological polar surface area (TPSA) is 46.2 Å². The van der Waals surface area contributed by atoms with E-state index in [9.17, 15) is 4.39 Å². The van der Waals surface area contributed by atoms with Crippen LogP contribution in [0.5, 0.6) is 0 Å². The molecule has 0 aromatic rings. The summed E-state index contributed by atoms with van der Waals surface area (Å²) in [5, 5.41) is 0. The SMILES string of the molecule is COC[C@H]1O[C@@H](OCCF)C[C@@H](OC)[C@@H]1OC. The van der Waals surface area contributed by atoms with Crippen LogP contribution in [0.2, 0.25) is 0 Å². The minimum Gasteiger partial charge on any atom is -0.382 e. The van der Waals surface area contributed by atoms with Gasteiger partial charge in [-0.3, -0.25) is 0 Å². The molecule has 1 aliphatic heterocycles. The first kappa shape index (κ1) is 14.8. The van der Waals surface area contributed by atoms with Crippen LogP contribution in [0.3, 0.4) is 0 Å². The molecule has 0 amide bonds. The zero-order valence-electron chi connectivity index (χ0n) is 10.6. The first-order chi connectivity index (χ1) is 8.26. The lowest BCUT2D eigenvalue weighted by Gasteiger charge is -2.39. The number of hydrogen-bond acceptors (Lipinski definition) is 5. The molecule has 6 heteroatoms. The molecule has 0 unspecified atom stereocenters. The average Bonchev–Trinajstić information content (AvgIpc) is 2.36. The minimum atomic E-state index is -0.528.